The SMILES string of the molecule is COc1ccc2c(c1)CCCCN2C(=O)c1ncn(C)n1. The van der Waals surface area contributed by atoms with Gasteiger partial charge in [0.1, 0.15) is 12.1 Å². The van der Waals surface area contributed by atoms with Gasteiger partial charge in [-0.2, -0.15) is 0 Å². The average Bonchev–Trinajstić information content (AvgIpc) is 2.82. The number of benzene rings is 1. The topological polar surface area (TPSA) is 60.2 Å². The van der Waals surface area contributed by atoms with Gasteiger partial charge in [-0.15, -0.1) is 5.10 Å². The predicted molar refractivity (Wildman–Crippen MR) is 78.6 cm³/mol. The number of aromatic nitrogens is 3. The quantitative estimate of drug-likeness (QED) is 0.844. The van der Waals surface area contributed by atoms with Gasteiger partial charge in [-0.1, -0.05) is 0 Å². The fourth-order valence-corrected chi connectivity index (χ4v) is 2.63. The Morgan fingerprint density at radius 3 is 2.90 bits per heavy atom. The molecular formula is C15H18N4O2. The van der Waals surface area contributed by atoms with Crippen LogP contribution in [0.1, 0.15) is 29.0 Å². The van der Waals surface area contributed by atoms with Gasteiger partial charge in [0.2, 0.25) is 5.82 Å². The van der Waals surface area contributed by atoms with Crippen LogP contribution in [0.15, 0.2) is 24.5 Å². The third-order valence-electron chi connectivity index (χ3n) is 3.69. The van der Waals surface area contributed by atoms with E-state index in [2.05, 4.69) is 10.1 Å². The summed E-state index contributed by atoms with van der Waals surface area (Å²) in [5.41, 5.74) is 2.07. The molecule has 0 unspecified atom stereocenters. The average molecular weight is 286 g/mol. The first-order chi connectivity index (χ1) is 10.2. The molecule has 0 N–H and O–H groups in total. The molecule has 21 heavy (non-hydrogen) atoms. The molecule has 1 aromatic heterocycles. The minimum Gasteiger partial charge on any atom is -0.497 e. The van der Waals surface area contributed by atoms with E-state index < -0.39 is 0 Å². The van der Waals surface area contributed by atoms with Gasteiger partial charge >= 0.3 is 0 Å². The molecule has 2 heterocycles. The van der Waals surface area contributed by atoms with E-state index in [1.54, 1.807) is 30.1 Å². The molecule has 0 saturated carbocycles. The van der Waals surface area contributed by atoms with Crippen LogP contribution in [0.2, 0.25) is 0 Å². The van der Waals surface area contributed by atoms with Crippen molar-refractivity contribution < 1.29 is 9.53 Å². The summed E-state index contributed by atoms with van der Waals surface area (Å²) >= 11 is 0. The molecule has 2 aromatic rings. The largest absolute Gasteiger partial charge is 0.497 e. The third kappa shape index (κ3) is 2.61. The lowest BCUT2D eigenvalue weighted by atomic mass is 10.1. The number of carbonyl (C=O) groups excluding carboxylic acids is 1. The number of anilines is 1. The van der Waals surface area contributed by atoms with Crippen LogP contribution in [0.25, 0.3) is 0 Å². The summed E-state index contributed by atoms with van der Waals surface area (Å²) in [7, 11) is 3.41. The van der Waals surface area contributed by atoms with Crippen LogP contribution in [0.3, 0.4) is 0 Å². The van der Waals surface area contributed by atoms with Crippen molar-refractivity contribution in [3.8, 4) is 5.75 Å². The van der Waals surface area contributed by atoms with Gasteiger partial charge in [0.15, 0.2) is 0 Å². The summed E-state index contributed by atoms with van der Waals surface area (Å²) in [5, 5.41) is 4.11. The first kappa shape index (κ1) is 13.6. The van der Waals surface area contributed by atoms with Gasteiger partial charge in [-0.05, 0) is 43.0 Å². The highest BCUT2D eigenvalue weighted by molar-refractivity contribution is 6.04. The summed E-state index contributed by atoms with van der Waals surface area (Å²) in [6, 6.07) is 5.84. The number of rotatable bonds is 2. The number of hydrogen-bond acceptors (Lipinski definition) is 4. The van der Waals surface area contributed by atoms with Crippen molar-refractivity contribution in [2.75, 3.05) is 18.6 Å². The summed E-state index contributed by atoms with van der Waals surface area (Å²) in [6.45, 7) is 0.691. The van der Waals surface area contributed by atoms with E-state index in [0.717, 1.165) is 36.3 Å². The van der Waals surface area contributed by atoms with Gasteiger partial charge in [-0.25, -0.2) is 4.98 Å². The van der Waals surface area contributed by atoms with Crippen molar-refractivity contribution in [1.82, 2.24) is 14.8 Å². The third-order valence-corrected chi connectivity index (χ3v) is 3.69. The van der Waals surface area contributed by atoms with Crippen molar-refractivity contribution in [2.45, 2.75) is 19.3 Å². The lowest BCUT2D eigenvalue weighted by molar-refractivity contribution is 0.0977. The molecule has 0 spiro atoms. The van der Waals surface area contributed by atoms with E-state index in [0.29, 0.717) is 6.54 Å². The van der Waals surface area contributed by atoms with Gasteiger partial charge < -0.3 is 9.64 Å². The smallest absolute Gasteiger partial charge is 0.297 e. The van der Waals surface area contributed by atoms with Crippen LogP contribution in [0.4, 0.5) is 5.69 Å². The Morgan fingerprint density at radius 2 is 2.19 bits per heavy atom. The number of carbonyl (C=O) groups is 1. The molecule has 3 rings (SSSR count). The zero-order valence-electron chi connectivity index (χ0n) is 12.2. The fourth-order valence-electron chi connectivity index (χ4n) is 2.63. The second-order valence-electron chi connectivity index (χ2n) is 5.15. The summed E-state index contributed by atoms with van der Waals surface area (Å²) in [4.78, 5) is 18.5. The molecule has 110 valence electrons. The lowest BCUT2D eigenvalue weighted by Gasteiger charge is -2.21. The molecule has 6 heteroatoms. The van der Waals surface area contributed by atoms with Crippen LogP contribution in [-0.4, -0.2) is 34.3 Å². The van der Waals surface area contributed by atoms with Gasteiger partial charge in [-0.3, -0.25) is 9.48 Å². The second-order valence-corrected chi connectivity index (χ2v) is 5.15. The van der Waals surface area contributed by atoms with Gasteiger partial charge in [0.25, 0.3) is 5.91 Å². The highest BCUT2D eigenvalue weighted by Crippen LogP contribution is 2.30. The molecule has 0 fully saturated rings. The molecule has 1 aliphatic heterocycles. The zero-order chi connectivity index (χ0) is 14.8. The van der Waals surface area contributed by atoms with Crippen LogP contribution >= 0.6 is 0 Å². The summed E-state index contributed by atoms with van der Waals surface area (Å²) in [5.74, 6) is 0.907. The molecule has 1 amide bonds. The van der Waals surface area contributed by atoms with Crippen molar-refractivity contribution in [3.05, 3.63) is 35.9 Å². The maximum Gasteiger partial charge on any atom is 0.297 e. The number of methoxy groups -OCH3 is 1. The van der Waals surface area contributed by atoms with E-state index in [9.17, 15) is 4.79 Å². The van der Waals surface area contributed by atoms with E-state index in [1.165, 1.54) is 0 Å². The lowest BCUT2D eigenvalue weighted by Crippen LogP contribution is -2.32. The Labute approximate surface area is 123 Å². The number of amides is 1. The van der Waals surface area contributed by atoms with E-state index >= 15 is 0 Å². The molecule has 1 aromatic carbocycles. The van der Waals surface area contributed by atoms with Crippen molar-refractivity contribution in [3.63, 3.8) is 0 Å². The van der Waals surface area contributed by atoms with Gasteiger partial charge in [0, 0.05) is 19.3 Å². The van der Waals surface area contributed by atoms with Crippen molar-refractivity contribution in [1.29, 1.82) is 0 Å². The number of ether oxygens (including phenoxy) is 1. The van der Waals surface area contributed by atoms with Crippen LogP contribution in [0, 0.1) is 0 Å². The number of aryl methyl sites for hydroxylation is 2. The Bertz CT molecular complexity index is 665. The second kappa shape index (κ2) is 5.55. The summed E-state index contributed by atoms with van der Waals surface area (Å²) < 4.78 is 6.81. The first-order valence-electron chi connectivity index (χ1n) is 7.03. The molecule has 1 aliphatic rings. The minimum absolute atomic E-state index is 0.149. The maximum absolute atomic E-state index is 12.6. The Hall–Kier alpha value is -2.37. The molecular weight excluding hydrogens is 268 g/mol. The highest BCUT2D eigenvalue weighted by Gasteiger charge is 2.25. The first-order valence-corrected chi connectivity index (χ1v) is 7.03. The van der Waals surface area contributed by atoms with E-state index in [4.69, 9.17) is 4.74 Å². The predicted octanol–water partition coefficient (Wildman–Crippen LogP) is 1.81. The molecule has 0 radical (unpaired) electrons. The molecule has 6 nitrogen and oxygen atoms in total. The minimum atomic E-state index is -0.149. The number of fused-ring (bicyclic) bond motifs is 1. The summed E-state index contributed by atoms with van der Waals surface area (Å²) in [6.07, 6.45) is 4.51. The number of nitrogens with zero attached hydrogens (tertiary/aromatic N) is 4. The number of hydrogen-bond donors (Lipinski definition) is 0. The van der Waals surface area contributed by atoms with Crippen LogP contribution in [-0.2, 0) is 13.5 Å². The molecule has 0 bridgehead atoms. The van der Waals surface area contributed by atoms with Crippen LogP contribution < -0.4 is 9.64 Å². The molecule has 0 saturated heterocycles. The normalized spacial score (nSPS) is 14.5. The molecule has 0 atom stereocenters. The Morgan fingerprint density at radius 1 is 1.33 bits per heavy atom. The van der Waals surface area contributed by atoms with Crippen molar-refractivity contribution >= 4 is 11.6 Å². The van der Waals surface area contributed by atoms with Gasteiger partial charge in [0.05, 0.1) is 7.11 Å². The van der Waals surface area contributed by atoms with E-state index in [-0.39, 0.29) is 11.7 Å². The fraction of sp³-hybridized carbons (Fsp3) is 0.400. The standard InChI is InChI=1S/C15H18N4O2/c1-18-10-16-14(17-18)15(20)19-8-4-3-5-11-9-12(21-2)6-7-13(11)19/h6-7,9-10H,3-5,8H2,1-2H3. The van der Waals surface area contributed by atoms with Crippen LogP contribution in [0.5, 0.6) is 5.75 Å². The Kier molecular flexibility index (Phi) is 3.60. The zero-order valence-corrected chi connectivity index (χ0v) is 12.2. The van der Waals surface area contributed by atoms with E-state index in [1.807, 2.05) is 18.2 Å². The maximum atomic E-state index is 12.6. The molecule has 0 aliphatic carbocycles. The monoisotopic (exact) mass is 286 g/mol. The Balaban J connectivity index is 1.98. The highest BCUT2D eigenvalue weighted by atomic mass is 16.5. The van der Waals surface area contributed by atoms with Crippen molar-refractivity contribution in [2.24, 2.45) is 7.05 Å².